The number of nitrogen functional groups attached to an aromatic ring is 1. The Morgan fingerprint density at radius 3 is 2.59 bits per heavy atom. The Bertz CT molecular complexity index is 368. The molecule has 17 heavy (non-hydrogen) atoms. The number of rotatable bonds is 5. The molecule has 0 aliphatic heterocycles. The van der Waals surface area contributed by atoms with Crippen LogP contribution in [0, 0.1) is 0 Å². The number of hydrogen-bond acceptors (Lipinski definition) is 4. The second-order valence-corrected chi connectivity index (χ2v) is 3.21. The SMILES string of the molecule is Nc1c(O)cccc1OCCOCC(F)(F)F. The van der Waals surface area contributed by atoms with E-state index in [0.29, 0.717) is 0 Å². The lowest BCUT2D eigenvalue weighted by molar-refractivity contribution is -0.175. The number of aromatic hydroxyl groups is 1. The monoisotopic (exact) mass is 251 g/mol. The van der Waals surface area contributed by atoms with E-state index in [1.54, 1.807) is 0 Å². The van der Waals surface area contributed by atoms with Gasteiger partial charge in [0.05, 0.1) is 6.61 Å². The van der Waals surface area contributed by atoms with Crippen LogP contribution in [0.15, 0.2) is 18.2 Å². The van der Waals surface area contributed by atoms with E-state index in [2.05, 4.69) is 4.74 Å². The van der Waals surface area contributed by atoms with Crippen molar-refractivity contribution in [2.75, 3.05) is 25.6 Å². The standard InChI is InChI=1S/C10H12F3NO3/c11-10(12,13)6-16-4-5-17-8-3-1-2-7(15)9(8)14/h1-3,15H,4-6,14H2. The first-order valence-electron chi connectivity index (χ1n) is 4.75. The van der Waals surface area contributed by atoms with Crippen molar-refractivity contribution in [2.24, 2.45) is 0 Å². The zero-order chi connectivity index (χ0) is 12.9. The lowest BCUT2D eigenvalue weighted by Crippen LogP contribution is -2.19. The Morgan fingerprint density at radius 1 is 1.24 bits per heavy atom. The molecule has 96 valence electrons. The van der Waals surface area contributed by atoms with Gasteiger partial charge in [0.15, 0.2) is 0 Å². The van der Waals surface area contributed by atoms with Crippen LogP contribution in [0.5, 0.6) is 11.5 Å². The third-order valence-electron chi connectivity index (χ3n) is 1.79. The van der Waals surface area contributed by atoms with Gasteiger partial charge in [0.25, 0.3) is 0 Å². The summed E-state index contributed by atoms with van der Waals surface area (Å²) < 4.78 is 44.5. The number of benzene rings is 1. The van der Waals surface area contributed by atoms with Crippen LogP contribution in [-0.2, 0) is 4.74 Å². The van der Waals surface area contributed by atoms with Crippen LogP contribution in [0.4, 0.5) is 18.9 Å². The first-order chi connectivity index (χ1) is 7.90. The molecule has 0 unspecified atom stereocenters. The molecular weight excluding hydrogens is 239 g/mol. The van der Waals surface area contributed by atoms with E-state index < -0.39 is 12.8 Å². The number of phenols is 1. The highest BCUT2D eigenvalue weighted by Crippen LogP contribution is 2.29. The zero-order valence-electron chi connectivity index (χ0n) is 8.83. The normalized spacial score (nSPS) is 11.5. The number of nitrogens with two attached hydrogens (primary N) is 1. The average Bonchev–Trinajstić information content (AvgIpc) is 2.22. The Balaban J connectivity index is 2.29. The summed E-state index contributed by atoms with van der Waals surface area (Å²) in [5.41, 5.74) is 5.52. The van der Waals surface area contributed by atoms with Gasteiger partial charge < -0.3 is 20.3 Å². The van der Waals surface area contributed by atoms with Crippen LogP contribution in [0.25, 0.3) is 0 Å². The molecule has 0 radical (unpaired) electrons. The van der Waals surface area contributed by atoms with Gasteiger partial charge >= 0.3 is 6.18 Å². The van der Waals surface area contributed by atoms with E-state index in [1.807, 2.05) is 0 Å². The van der Waals surface area contributed by atoms with E-state index in [9.17, 15) is 18.3 Å². The lowest BCUT2D eigenvalue weighted by Gasteiger charge is -2.10. The molecule has 0 fully saturated rings. The molecule has 3 N–H and O–H groups in total. The fraction of sp³-hybridized carbons (Fsp3) is 0.400. The van der Waals surface area contributed by atoms with Gasteiger partial charge in [0, 0.05) is 0 Å². The summed E-state index contributed by atoms with van der Waals surface area (Å²) in [6.45, 7) is -1.61. The molecule has 0 spiro atoms. The van der Waals surface area contributed by atoms with Crippen LogP contribution < -0.4 is 10.5 Å². The predicted octanol–water partition coefficient (Wildman–Crippen LogP) is 1.93. The van der Waals surface area contributed by atoms with E-state index in [-0.39, 0.29) is 30.4 Å². The number of phenolic OH excluding ortho intramolecular Hbond substituents is 1. The van der Waals surface area contributed by atoms with Crippen LogP contribution in [0.2, 0.25) is 0 Å². The minimum absolute atomic E-state index is 0.0447. The van der Waals surface area contributed by atoms with Gasteiger partial charge in [-0.2, -0.15) is 13.2 Å². The smallest absolute Gasteiger partial charge is 0.411 e. The second kappa shape index (κ2) is 5.62. The number of alkyl halides is 3. The molecular formula is C10H12F3NO3. The molecule has 1 aromatic rings. The fourth-order valence-electron chi connectivity index (χ4n) is 1.06. The van der Waals surface area contributed by atoms with Gasteiger partial charge in [-0.05, 0) is 12.1 Å². The summed E-state index contributed by atoms with van der Waals surface area (Å²) in [6, 6.07) is 4.39. The van der Waals surface area contributed by atoms with E-state index in [0.717, 1.165) is 0 Å². The van der Waals surface area contributed by atoms with Crippen LogP contribution in [0.1, 0.15) is 0 Å². The van der Waals surface area contributed by atoms with Crippen LogP contribution in [-0.4, -0.2) is 31.1 Å². The molecule has 0 atom stereocenters. The van der Waals surface area contributed by atoms with Crippen LogP contribution in [0.3, 0.4) is 0 Å². The summed E-state index contributed by atoms with van der Waals surface area (Å²) in [5, 5.41) is 9.22. The summed E-state index contributed by atoms with van der Waals surface area (Å²) >= 11 is 0. The van der Waals surface area contributed by atoms with Gasteiger partial charge in [-0.3, -0.25) is 0 Å². The molecule has 0 aliphatic rings. The Morgan fingerprint density at radius 2 is 1.94 bits per heavy atom. The minimum Gasteiger partial charge on any atom is -0.506 e. The average molecular weight is 251 g/mol. The Labute approximate surface area is 95.7 Å². The summed E-state index contributed by atoms with van der Waals surface area (Å²) in [7, 11) is 0. The molecule has 0 bridgehead atoms. The van der Waals surface area contributed by atoms with Crippen molar-refractivity contribution in [3.05, 3.63) is 18.2 Å². The lowest BCUT2D eigenvalue weighted by atomic mass is 10.3. The van der Waals surface area contributed by atoms with Crippen molar-refractivity contribution in [1.29, 1.82) is 0 Å². The first-order valence-corrected chi connectivity index (χ1v) is 4.75. The Hall–Kier alpha value is -1.63. The topological polar surface area (TPSA) is 64.7 Å². The molecule has 0 aromatic heterocycles. The minimum atomic E-state index is -4.34. The molecule has 1 rings (SSSR count). The number of halogens is 3. The largest absolute Gasteiger partial charge is 0.506 e. The third-order valence-corrected chi connectivity index (χ3v) is 1.79. The fourth-order valence-corrected chi connectivity index (χ4v) is 1.06. The summed E-state index contributed by atoms with van der Waals surface area (Å²) in [4.78, 5) is 0. The van der Waals surface area contributed by atoms with Crippen molar-refractivity contribution in [2.45, 2.75) is 6.18 Å². The quantitative estimate of drug-likeness (QED) is 0.477. The maximum absolute atomic E-state index is 11.7. The van der Waals surface area contributed by atoms with Gasteiger partial charge in [0.2, 0.25) is 0 Å². The molecule has 0 amide bonds. The van der Waals surface area contributed by atoms with Crippen molar-refractivity contribution in [3.63, 3.8) is 0 Å². The predicted molar refractivity (Wildman–Crippen MR) is 54.9 cm³/mol. The molecule has 0 heterocycles. The van der Waals surface area contributed by atoms with Crippen molar-refractivity contribution >= 4 is 5.69 Å². The molecule has 1 aromatic carbocycles. The van der Waals surface area contributed by atoms with Gasteiger partial charge in [-0.25, -0.2) is 0 Å². The van der Waals surface area contributed by atoms with E-state index in [4.69, 9.17) is 10.5 Å². The maximum Gasteiger partial charge on any atom is 0.411 e. The second-order valence-electron chi connectivity index (χ2n) is 3.21. The Kier molecular flexibility index (Phi) is 4.45. The van der Waals surface area contributed by atoms with Gasteiger partial charge in [0.1, 0.15) is 30.4 Å². The number of para-hydroxylation sites is 1. The molecule has 4 nitrogen and oxygen atoms in total. The molecule has 0 saturated carbocycles. The van der Waals surface area contributed by atoms with Crippen molar-refractivity contribution < 1.29 is 27.8 Å². The summed E-state index contributed by atoms with van der Waals surface area (Å²) in [6.07, 6.45) is -4.34. The molecule has 7 heteroatoms. The van der Waals surface area contributed by atoms with Crippen LogP contribution >= 0.6 is 0 Å². The third kappa shape index (κ3) is 4.81. The number of anilines is 1. The number of ether oxygens (including phenoxy) is 2. The summed E-state index contributed by atoms with van der Waals surface area (Å²) in [5.74, 6) is 0.0688. The van der Waals surface area contributed by atoms with Gasteiger partial charge in [-0.1, -0.05) is 6.07 Å². The van der Waals surface area contributed by atoms with Crippen molar-refractivity contribution in [3.8, 4) is 11.5 Å². The molecule has 0 saturated heterocycles. The maximum atomic E-state index is 11.7. The van der Waals surface area contributed by atoms with E-state index in [1.165, 1.54) is 18.2 Å². The zero-order valence-corrected chi connectivity index (χ0v) is 8.83. The number of hydrogen-bond donors (Lipinski definition) is 2. The molecule has 0 aliphatic carbocycles. The van der Waals surface area contributed by atoms with Gasteiger partial charge in [-0.15, -0.1) is 0 Å². The highest BCUT2D eigenvalue weighted by molar-refractivity contribution is 5.61. The van der Waals surface area contributed by atoms with E-state index >= 15 is 0 Å². The highest BCUT2D eigenvalue weighted by atomic mass is 19.4. The van der Waals surface area contributed by atoms with Crippen molar-refractivity contribution in [1.82, 2.24) is 0 Å². The first kappa shape index (κ1) is 13.4. The highest BCUT2D eigenvalue weighted by Gasteiger charge is 2.27.